The van der Waals surface area contributed by atoms with E-state index in [-0.39, 0.29) is 29.8 Å². The van der Waals surface area contributed by atoms with E-state index >= 15 is 0 Å². The molecule has 0 radical (unpaired) electrons. The van der Waals surface area contributed by atoms with E-state index in [9.17, 15) is 13.2 Å². The molecule has 2 fully saturated rings. The van der Waals surface area contributed by atoms with Crippen molar-refractivity contribution >= 4 is 28.3 Å². The molecule has 25 heavy (non-hydrogen) atoms. The number of fused-ring (bicyclic) bond motifs is 2. The standard InChI is InChI=1S/C17H23N3O3S.ClH/c1-2-10-18-24(22,23)16-7-3-13(4-8-16)17(21)20-11-9-14-5-6-15(12-20)19-14;/h2-4,7-8,14-15,18-19H,1,5-6,9-12H2;1H. The van der Waals surface area contributed by atoms with Crippen molar-refractivity contribution in [2.45, 2.75) is 36.2 Å². The molecule has 0 aliphatic carbocycles. The van der Waals surface area contributed by atoms with E-state index in [0.717, 1.165) is 25.9 Å². The van der Waals surface area contributed by atoms with Crippen molar-refractivity contribution < 1.29 is 13.2 Å². The van der Waals surface area contributed by atoms with Crippen LogP contribution in [0, 0.1) is 0 Å². The van der Waals surface area contributed by atoms with Crippen LogP contribution in [0.25, 0.3) is 0 Å². The van der Waals surface area contributed by atoms with E-state index in [4.69, 9.17) is 0 Å². The van der Waals surface area contributed by atoms with Crippen molar-refractivity contribution in [3.05, 3.63) is 42.5 Å². The first kappa shape index (κ1) is 19.9. The molecule has 0 spiro atoms. The number of carbonyl (C=O) groups excluding carboxylic acids is 1. The number of amides is 1. The Morgan fingerprint density at radius 1 is 1.24 bits per heavy atom. The smallest absolute Gasteiger partial charge is 0.253 e. The van der Waals surface area contributed by atoms with Crippen molar-refractivity contribution in [1.82, 2.24) is 14.9 Å². The predicted molar refractivity (Wildman–Crippen MR) is 99.5 cm³/mol. The maximum absolute atomic E-state index is 12.7. The first-order valence-electron chi connectivity index (χ1n) is 8.25. The molecule has 1 aromatic carbocycles. The molecule has 0 saturated carbocycles. The summed E-state index contributed by atoms with van der Waals surface area (Å²) in [6.45, 7) is 5.12. The first-order chi connectivity index (χ1) is 11.5. The van der Waals surface area contributed by atoms with Crippen molar-refractivity contribution in [3.8, 4) is 0 Å². The van der Waals surface area contributed by atoms with Gasteiger partial charge in [-0.25, -0.2) is 13.1 Å². The Kier molecular flexibility index (Phi) is 6.62. The fourth-order valence-electron chi connectivity index (χ4n) is 3.34. The summed E-state index contributed by atoms with van der Waals surface area (Å²) in [5, 5.41) is 3.55. The molecule has 0 aromatic heterocycles. The maximum Gasteiger partial charge on any atom is 0.253 e. The number of nitrogens with zero attached hydrogens (tertiary/aromatic N) is 1. The van der Waals surface area contributed by atoms with Gasteiger partial charge in [0.1, 0.15) is 0 Å². The zero-order valence-electron chi connectivity index (χ0n) is 14.0. The van der Waals surface area contributed by atoms with Crippen LogP contribution in [0.2, 0.25) is 0 Å². The van der Waals surface area contributed by atoms with Gasteiger partial charge in [0.05, 0.1) is 4.90 Å². The Balaban J connectivity index is 0.00000225. The van der Waals surface area contributed by atoms with Crippen molar-refractivity contribution in [2.75, 3.05) is 19.6 Å². The van der Waals surface area contributed by atoms with Gasteiger partial charge < -0.3 is 10.2 Å². The molecule has 8 heteroatoms. The number of benzene rings is 1. The van der Waals surface area contributed by atoms with Crippen LogP contribution in [0.4, 0.5) is 0 Å². The van der Waals surface area contributed by atoms with Gasteiger partial charge in [-0.1, -0.05) is 6.08 Å². The molecule has 6 nitrogen and oxygen atoms in total. The van der Waals surface area contributed by atoms with E-state index < -0.39 is 10.0 Å². The number of rotatable bonds is 5. The number of nitrogens with one attached hydrogen (secondary N) is 2. The van der Waals surface area contributed by atoms with Gasteiger partial charge in [0.25, 0.3) is 5.91 Å². The molecule has 2 saturated heterocycles. The van der Waals surface area contributed by atoms with E-state index in [2.05, 4.69) is 16.6 Å². The van der Waals surface area contributed by atoms with Crippen molar-refractivity contribution in [2.24, 2.45) is 0 Å². The molecule has 2 bridgehead atoms. The maximum atomic E-state index is 12.7. The third-order valence-electron chi connectivity index (χ3n) is 4.64. The second kappa shape index (κ2) is 8.31. The Hall–Kier alpha value is -1.41. The van der Waals surface area contributed by atoms with E-state index in [1.165, 1.54) is 24.6 Å². The number of hydrogen-bond acceptors (Lipinski definition) is 4. The van der Waals surface area contributed by atoms with Gasteiger partial charge in [-0.15, -0.1) is 19.0 Å². The normalized spacial score (nSPS) is 22.8. The number of likely N-dealkylation sites (tertiary alicyclic amines) is 1. The van der Waals surface area contributed by atoms with Gasteiger partial charge in [0.2, 0.25) is 10.0 Å². The van der Waals surface area contributed by atoms with Crippen LogP contribution in [0.1, 0.15) is 29.6 Å². The van der Waals surface area contributed by atoms with E-state index in [1.807, 2.05) is 4.90 Å². The number of hydrogen-bond donors (Lipinski definition) is 2. The van der Waals surface area contributed by atoms with Crippen LogP contribution in [0.3, 0.4) is 0 Å². The Morgan fingerprint density at radius 2 is 1.92 bits per heavy atom. The third-order valence-corrected chi connectivity index (χ3v) is 6.08. The van der Waals surface area contributed by atoms with Crippen LogP contribution in [-0.4, -0.2) is 50.9 Å². The highest BCUT2D eigenvalue weighted by atomic mass is 35.5. The SMILES string of the molecule is C=CCNS(=O)(=O)c1ccc(C(=O)N2CCC3CCC(C2)N3)cc1.Cl. The minimum absolute atomic E-state index is 0. The minimum Gasteiger partial charge on any atom is -0.337 e. The molecule has 2 heterocycles. The zero-order chi connectivity index (χ0) is 17.2. The average Bonchev–Trinajstić information content (AvgIpc) is 2.91. The summed E-state index contributed by atoms with van der Waals surface area (Å²) in [6.07, 6.45) is 4.76. The molecule has 1 aromatic rings. The summed E-state index contributed by atoms with van der Waals surface area (Å²) >= 11 is 0. The van der Waals surface area contributed by atoms with Crippen LogP contribution in [0.15, 0.2) is 41.8 Å². The van der Waals surface area contributed by atoms with Gasteiger partial charge in [-0.05, 0) is 43.5 Å². The lowest BCUT2D eigenvalue weighted by molar-refractivity contribution is 0.0748. The Morgan fingerprint density at radius 3 is 2.60 bits per heavy atom. The summed E-state index contributed by atoms with van der Waals surface area (Å²) in [6, 6.07) is 7.02. The Labute approximate surface area is 155 Å². The van der Waals surface area contributed by atoms with Crippen molar-refractivity contribution in [3.63, 3.8) is 0 Å². The van der Waals surface area contributed by atoms with Gasteiger partial charge in [-0.3, -0.25) is 4.79 Å². The predicted octanol–water partition coefficient (Wildman–Crippen LogP) is 1.54. The molecule has 2 aliphatic rings. The molecule has 2 unspecified atom stereocenters. The quantitative estimate of drug-likeness (QED) is 0.753. The zero-order valence-corrected chi connectivity index (χ0v) is 15.6. The number of carbonyl (C=O) groups is 1. The van der Waals surface area contributed by atoms with E-state index in [1.54, 1.807) is 12.1 Å². The fraction of sp³-hybridized carbons (Fsp3) is 0.471. The molecule has 2 aliphatic heterocycles. The van der Waals surface area contributed by atoms with Crippen LogP contribution in [-0.2, 0) is 10.0 Å². The van der Waals surface area contributed by atoms with Gasteiger partial charge in [0.15, 0.2) is 0 Å². The fourth-order valence-corrected chi connectivity index (χ4v) is 4.34. The summed E-state index contributed by atoms with van der Waals surface area (Å²) in [5.74, 6) is -0.0349. The first-order valence-corrected chi connectivity index (χ1v) is 9.74. The molecule has 2 atom stereocenters. The highest BCUT2D eigenvalue weighted by molar-refractivity contribution is 7.89. The number of halogens is 1. The molecule has 1 amide bonds. The average molecular weight is 386 g/mol. The molecular weight excluding hydrogens is 362 g/mol. The summed E-state index contributed by atoms with van der Waals surface area (Å²) in [7, 11) is -3.56. The molecule has 138 valence electrons. The summed E-state index contributed by atoms with van der Waals surface area (Å²) < 4.78 is 26.5. The van der Waals surface area contributed by atoms with Gasteiger partial charge in [-0.2, -0.15) is 0 Å². The topological polar surface area (TPSA) is 78.5 Å². The lowest BCUT2D eigenvalue weighted by atomic mass is 10.1. The summed E-state index contributed by atoms with van der Waals surface area (Å²) in [5.41, 5.74) is 0.524. The van der Waals surface area contributed by atoms with Crippen molar-refractivity contribution in [1.29, 1.82) is 0 Å². The summed E-state index contributed by atoms with van der Waals surface area (Å²) in [4.78, 5) is 14.7. The van der Waals surface area contributed by atoms with Gasteiger partial charge >= 0.3 is 0 Å². The number of sulfonamides is 1. The lowest BCUT2D eigenvalue weighted by Gasteiger charge is -2.24. The van der Waals surface area contributed by atoms with E-state index in [0.29, 0.717) is 17.6 Å². The lowest BCUT2D eigenvalue weighted by Crippen LogP contribution is -2.39. The second-order valence-corrected chi connectivity index (χ2v) is 8.11. The largest absolute Gasteiger partial charge is 0.337 e. The van der Waals surface area contributed by atoms with Crippen LogP contribution < -0.4 is 10.0 Å². The van der Waals surface area contributed by atoms with Gasteiger partial charge in [0, 0.05) is 37.3 Å². The molecule has 3 rings (SSSR count). The van der Waals surface area contributed by atoms with Crippen LogP contribution >= 0.6 is 12.4 Å². The molecular formula is C17H24ClN3O3S. The highest BCUT2D eigenvalue weighted by Crippen LogP contribution is 2.22. The second-order valence-electron chi connectivity index (χ2n) is 6.34. The molecule has 2 N–H and O–H groups in total. The van der Waals surface area contributed by atoms with Crippen LogP contribution in [0.5, 0.6) is 0 Å². The third kappa shape index (κ3) is 4.61. The minimum atomic E-state index is -3.56. The Bertz CT molecular complexity index is 721. The highest BCUT2D eigenvalue weighted by Gasteiger charge is 2.31. The monoisotopic (exact) mass is 385 g/mol.